The lowest BCUT2D eigenvalue weighted by Gasteiger charge is -2.28. The summed E-state index contributed by atoms with van der Waals surface area (Å²) in [6, 6.07) is -3.24. The van der Waals surface area contributed by atoms with Gasteiger partial charge in [-0.3, -0.25) is 74.8 Å². The first-order chi connectivity index (χ1) is 58.6. The predicted molar refractivity (Wildman–Crippen MR) is 502 cm³/mol. The van der Waals surface area contributed by atoms with Crippen LogP contribution >= 0.6 is 0 Å². The largest absolute Gasteiger partial charge is 0.368 e. The average molecular weight is 2050 g/mol. The molecular formula is C74H164N16O32S8. The first kappa shape index (κ1) is 140. The molecule has 8 atom stereocenters. The zero-order valence-electron chi connectivity index (χ0n) is 79.8. The van der Waals surface area contributed by atoms with Crippen LogP contribution in [-0.4, -0.2) is 326 Å². The van der Waals surface area contributed by atoms with Crippen molar-refractivity contribution in [1.29, 1.82) is 0 Å². The van der Waals surface area contributed by atoms with Crippen molar-refractivity contribution in [2.75, 3.05) is 127 Å². The first-order valence-corrected chi connectivity index (χ1v) is 55.0. The van der Waals surface area contributed by atoms with Gasteiger partial charge in [0.25, 0.3) is 80.9 Å². The highest BCUT2D eigenvalue weighted by atomic mass is 32.2. The maximum atomic E-state index is 11.5. The summed E-state index contributed by atoms with van der Waals surface area (Å²) < 4.78 is 235. The zero-order chi connectivity index (χ0) is 104. The lowest BCUT2D eigenvalue weighted by molar-refractivity contribution is -0.124. The van der Waals surface area contributed by atoms with Crippen LogP contribution in [0.15, 0.2) is 0 Å². The van der Waals surface area contributed by atoms with Crippen LogP contribution in [0.25, 0.3) is 0 Å². The van der Waals surface area contributed by atoms with Gasteiger partial charge in [-0.25, -0.2) is 0 Å². The fourth-order valence-electron chi connectivity index (χ4n) is 10.8. The van der Waals surface area contributed by atoms with Crippen molar-refractivity contribution < 1.29 is 142 Å². The van der Waals surface area contributed by atoms with Crippen LogP contribution in [-0.2, 0) is 119 Å². The second kappa shape index (κ2) is 72.1. The lowest BCUT2D eigenvalue weighted by Crippen LogP contribution is -2.50. The molecule has 0 aromatic carbocycles. The van der Waals surface area contributed by atoms with E-state index in [0.29, 0.717) is 102 Å². The topological polar surface area (TPSA) is 820 Å². The van der Waals surface area contributed by atoms with Crippen LogP contribution in [0.2, 0.25) is 0 Å². The van der Waals surface area contributed by atoms with E-state index < -0.39 is 129 Å². The molecule has 780 valence electrons. The normalized spacial score (nSPS) is 14.1. The number of rotatable bonds is 58. The lowest BCUT2D eigenvalue weighted by atomic mass is 9.86. The van der Waals surface area contributed by atoms with Gasteiger partial charge in [0.15, 0.2) is 0 Å². The minimum absolute atomic E-state index is 0.106. The molecule has 8 amide bonds. The molecule has 0 aliphatic rings. The van der Waals surface area contributed by atoms with E-state index in [1.165, 1.54) is 0 Å². The summed E-state index contributed by atoms with van der Waals surface area (Å²) in [5.41, 5.74) is 20.2. The summed E-state index contributed by atoms with van der Waals surface area (Å²) in [5.74, 6) is -3.11. The summed E-state index contributed by atoms with van der Waals surface area (Å²) in [5, 5.41) is 33.6. The van der Waals surface area contributed by atoms with Crippen LogP contribution in [0.1, 0.15) is 202 Å². The molecule has 0 bridgehead atoms. The van der Waals surface area contributed by atoms with E-state index in [1.54, 1.807) is 28.2 Å². The summed E-state index contributed by atoms with van der Waals surface area (Å²) in [4.78, 5) is 90.1. The molecule has 0 aromatic rings. The number of primary amides is 4. The van der Waals surface area contributed by atoms with Crippen molar-refractivity contribution >= 4 is 128 Å². The van der Waals surface area contributed by atoms with E-state index >= 15 is 0 Å². The number of hydrogen-bond donors (Lipinski definition) is 24. The Balaban J connectivity index is -0.000000218. The van der Waals surface area contributed by atoms with Gasteiger partial charge in [-0.05, 0) is 176 Å². The van der Waals surface area contributed by atoms with E-state index in [1.807, 2.05) is 125 Å². The number of amides is 8. The highest BCUT2D eigenvalue weighted by Crippen LogP contribution is 2.20. The molecule has 28 N–H and O–H groups in total. The Kier molecular flexibility index (Phi) is 77.8. The van der Waals surface area contributed by atoms with Crippen molar-refractivity contribution in [1.82, 2.24) is 63.8 Å². The van der Waals surface area contributed by atoms with Crippen LogP contribution in [0.3, 0.4) is 0 Å². The molecule has 0 radical (unpaired) electrons. The Bertz CT molecular complexity index is 3880. The second-order valence-corrected chi connectivity index (χ2v) is 47.2. The maximum absolute atomic E-state index is 11.5. The molecule has 0 heterocycles. The Hall–Kier alpha value is -5.28. The average Bonchev–Trinajstić information content (AvgIpc) is 0.872. The highest BCUT2D eigenvalue weighted by Gasteiger charge is 2.31. The number of nitrogens with one attached hydrogen (secondary N) is 12. The minimum atomic E-state index is -3.93. The van der Waals surface area contributed by atoms with Gasteiger partial charge < -0.3 is 86.7 Å². The van der Waals surface area contributed by atoms with Gasteiger partial charge >= 0.3 is 0 Å². The van der Waals surface area contributed by atoms with Crippen LogP contribution < -0.4 is 86.7 Å². The summed E-state index contributed by atoms with van der Waals surface area (Å²) in [6.45, 7) is 37.4. The second-order valence-electron chi connectivity index (χ2n) is 34.6. The molecule has 130 heavy (non-hydrogen) atoms. The summed E-state index contributed by atoms with van der Waals surface area (Å²) >= 11 is 0. The summed E-state index contributed by atoms with van der Waals surface area (Å²) in [6.07, 6.45) is 4.69. The van der Waals surface area contributed by atoms with Gasteiger partial charge in [0.1, 0.15) is 0 Å². The highest BCUT2D eigenvalue weighted by molar-refractivity contribution is 7.87. The molecule has 0 saturated carbocycles. The van der Waals surface area contributed by atoms with Gasteiger partial charge in [-0.2, -0.15) is 67.3 Å². The fourth-order valence-corrected chi connectivity index (χ4v) is 14.9. The molecule has 0 saturated heterocycles. The standard InChI is InChI=1S/2C10H22N2O4S.6C9H20N2O4S/c2*1-8(2)7-9(10(13)11-3)12-5-4-6-17(14,15)16;2*1-9(2,3)7(8(10)12)11-5-4-6-16(13,14)15;2*1-7(2)8(9(12)10-3)11-5-4-6-16(13,14)15;2*1-7(2)6-8(9(10)12)11-4-3-5-16(13,14)15/h2*8-9,12H,4-7H2,1-3H3,(H,11,13)(H,14,15,16);2*7,11H,4-6H2,1-3H3,(H2,10,12)(H,13,14,15);2*7-8,11H,4-6H2,1-3H3,(H,10,12)(H,13,14,15);2*7-8,11H,3-6H2,1-2H3,(H2,10,12)(H,13,14,15)/t2*9-;2*7-;4*8-/m10101010/s1. The number of nitrogens with two attached hydrogens (primary N) is 4. The van der Waals surface area contributed by atoms with Gasteiger partial charge in [-0.15, -0.1) is 0 Å². The number of likely N-dealkylation sites (N-methyl/N-ethyl adjacent to an activating group) is 4. The third-order valence-corrected chi connectivity index (χ3v) is 23.4. The third-order valence-electron chi connectivity index (χ3n) is 17.0. The van der Waals surface area contributed by atoms with Gasteiger partial charge in [0, 0.05) is 28.2 Å². The number of hydrogen-bond acceptors (Lipinski definition) is 32. The van der Waals surface area contributed by atoms with E-state index in [0.717, 1.165) is 0 Å². The molecule has 0 aliphatic carbocycles. The van der Waals surface area contributed by atoms with Crippen molar-refractivity contribution in [2.45, 2.75) is 250 Å². The Morgan fingerprint density at radius 3 is 0.531 bits per heavy atom. The van der Waals surface area contributed by atoms with Gasteiger partial charge in [-0.1, -0.05) is 125 Å². The Morgan fingerprint density at radius 2 is 0.400 bits per heavy atom. The molecule has 0 aromatic heterocycles. The van der Waals surface area contributed by atoms with Crippen molar-refractivity contribution in [3.63, 3.8) is 0 Å². The molecule has 0 aliphatic heterocycles. The number of carbonyl (C=O) groups is 8. The zero-order valence-corrected chi connectivity index (χ0v) is 86.4. The van der Waals surface area contributed by atoms with Gasteiger partial charge in [0.2, 0.25) is 47.3 Å². The third kappa shape index (κ3) is 100. The quantitative estimate of drug-likeness (QED) is 0.0238. The fraction of sp³-hybridized carbons (Fsp3) is 0.892. The molecule has 0 unspecified atom stereocenters. The Labute approximate surface area is 775 Å². The number of carbonyl (C=O) groups excluding carboxylic acids is 8. The smallest absolute Gasteiger partial charge is 0.264 e. The van der Waals surface area contributed by atoms with Gasteiger partial charge in [0.05, 0.1) is 94.4 Å². The molecule has 0 rings (SSSR count). The minimum Gasteiger partial charge on any atom is -0.368 e. The molecule has 48 nitrogen and oxygen atoms in total. The van der Waals surface area contributed by atoms with Crippen molar-refractivity contribution in [3.05, 3.63) is 0 Å². The van der Waals surface area contributed by atoms with Crippen molar-refractivity contribution in [2.24, 2.45) is 69.3 Å². The Morgan fingerprint density at radius 1 is 0.246 bits per heavy atom. The predicted octanol–water partition coefficient (Wildman–Crippen LogP) is -1.71. The van der Waals surface area contributed by atoms with E-state index in [-0.39, 0.29) is 168 Å². The molecular weight excluding hydrogens is 1880 g/mol. The summed E-state index contributed by atoms with van der Waals surface area (Å²) in [7, 11) is -25.1. The SMILES string of the molecule is CC(C)(C)[C@@H](NCCCS(=O)(=O)O)C(N)=O.CC(C)(C)[C@H](NCCCS(=O)(=O)O)C(N)=O.CC(C)C[C@@H](NCCCS(=O)(=O)O)C(N)=O.CC(C)C[C@H](NCCCS(=O)(=O)O)C(N)=O.CNC(=O)[C@@H](CC(C)C)NCCCS(=O)(=O)O.CNC(=O)[C@@H](NCCCS(=O)(=O)O)C(C)C.CNC(=O)[C@H](CC(C)C)NCCCS(=O)(=O)O.CNC(=O)[C@H](NCCCS(=O)(=O)O)C(C)C. The monoisotopic (exact) mass is 2040 g/mol. The van der Waals surface area contributed by atoms with E-state index in [9.17, 15) is 106 Å². The van der Waals surface area contributed by atoms with Crippen molar-refractivity contribution in [3.8, 4) is 0 Å². The first-order valence-electron chi connectivity index (χ1n) is 42.1. The van der Waals surface area contributed by atoms with E-state index in [2.05, 4.69) is 63.8 Å². The molecule has 0 fully saturated rings. The molecule has 56 heteroatoms. The van der Waals surface area contributed by atoms with Crippen LogP contribution in [0, 0.1) is 46.3 Å². The van der Waals surface area contributed by atoms with Crippen LogP contribution in [0.4, 0.5) is 0 Å². The maximum Gasteiger partial charge on any atom is 0.264 e. The molecule has 0 spiro atoms. The van der Waals surface area contributed by atoms with Crippen LogP contribution in [0.5, 0.6) is 0 Å². The van der Waals surface area contributed by atoms with E-state index in [4.69, 9.17) is 59.4 Å².